The van der Waals surface area contributed by atoms with Crippen molar-refractivity contribution in [3.63, 3.8) is 0 Å². The fourth-order valence-corrected chi connectivity index (χ4v) is 5.13. The third-order valence-corrected chi connectivity index (χ3v) is 6.55. The van der Waals surface area contributed by atoms with Gasteiger partial charge in [-0.3, -0.25) is 4.98 Å². The van der Waals surface area contributed by atoms with E-state index in [0.29, 0.717) is 5.56 Å². The van der Waals surface area contributed by atoms with Crippen LogP contribution in [0.2, 0.25) is 0 Å². The van der Waals surface area contributed by atoms with Crippen molar-refractivity contribution in [3.8, 4) is 22.9 Å². The molecule has 7 rings (SSSR count). The molecule has 3 heterocycles. The van der Waals surface area contributed by atoms with Crippen molar-refractivity contribution in [2.75, 3.05) is 0 Å². The molecular weight excluding hydrogens is 418 g/mol. The minimum absolute atomic E-state index is 0.551. The molecule has 0 saturated heterocycles. The smallest absolute Gasteiger partial charge is 0.137 e. The van der Waals surface area contributed by atoms with E-state index >= 15 is 0 Å². The van der Waals surface area contributed by atoms with Gasteiger partial charge in [0.05, 0.1) is 27.7 Å². The molecule has 0 fully saturated rings. The Kier molecular flexibility index (Phi) is 3.88. The van der Waals surface area contributed by atoms with Gasteiger partial charge in [-0.1, -0.05) is 54.6 Å². The van der Waals surface area contributed by atoms with Crippen molar-refractivity contribution in [3.05, 3.63) is 109 Å². The average Bonchev–Trinajstić information content (AvgIpc) is 3.44. The van der Waals surface area contributed by atoms with Crippen LogP contribution in [-0.4, -0.2) is 9.55 Å². The number of aromatic nitrogens is 2. The first-order valence-corrected chi connectivity index (χ1v) is 11.1. The minimum atomic E-state index is 0.551. The highest BCUT2D eigenvalue weighted by Crippen LogP contribution is 2.42. The molecule has 158 valence electrons. The molecule has 0 saturated carbocycles. The summed E-state index contributed by atoms with van der Waals surface area (Å²) in [5.74, 6) is 0. The summed E-state index contributed by atoms with van der Waals surface area (Å²) in [6, 6.07) is 33.3. The summed E-state index contributed by atoms with van der Waals surface area (Å²) in [7, 11) is 0. The third kappa shape index (κ3) is 2.49. The van der Waals surface area contributed by atoms with Crippen LogP contribution < -0.4 is 0 Å². The predicted octanol–water partition coefficient (Wildman–Crippen LogP) is 7.62. The molecule has 3 aromatic heterocycles. The van der Waals surface area contributed by atoms with Crippen LogP contribution in [0.1, 0.15) is 5.56 Å². The zero-order chi connectivity index (χ0) is 22.6. The van der Waals surface area contributed by atoms with E-state index in [1.807, 2.05) is 36.4 Å². The largest absolute Gasteiger partial charge is 0.456 e. The summed E-state index contributed by atoms with van der Waals surface area (Å²) < 4.78 is 8.55. The van der Waals surface area contributed by atoms with E-state index in [4.69, 9.17) is 4.42 Å². The number of para-hydroxylation sites is 3. The maximum atomic E-state index is 9.77. The lowest BCUT2D eigenvalue weighted by atomic mass is 10.00. The van der Waals surface area contributed by atoms with Gasteiger partial charge in [-0.15, -0.1) is 0 Å². The zero-order valence-electron chi connectivity index (χ0n) is 18.1. The lowest BCUT2D eigenvalue weighted by molar-refractivity contribution is 0.669. The first-order chi connectivity index (χ1) is 16.8. The molecule has 0 radical (unpaired) electrons. The van der Waals surface area contributed by atoms with Gasteiger partial charge in [0.25, 0.3) is 0 Å². The molecule has 34 heavy (non-hydrogen) atoms. The SMILES string of the molecule is N#Cc1cnccc1-c1ccccc1-n1c2ccccc2c2ccc3oc4ccccc4c3c21. The van der Waals surface area contributed by atoms with Crippen molar-refractivity contribution >= 4 is 43.7 Å². The molecule has 7 aromatic rings. The topological polar surface area (TPSA) is 54.8 Å². The van der Waals surface area contributed by atoms with E-state index in [-0.39, 0.29) is 0 Å². The van der Waals surface area contributed by atoms with E-state index in [2.05, 4.69) is 70.2 Å². The van der Waals surface area contributed by atoms with E-state index in [9.17, 15) is 5.26 Å². The van der Waals surface area contributed by atoms with Crippen LogP contribution in [0.3, 0.4) is 0 Å². The number of fused-ring (bicyclic) bond motifs is 7. The van der Waals surface area contributed by atoms with Crippen LogP contribution in [0.25, 0.3) is 60.6 Å². The quantitative estimate of drug-likeness (QED) is 0.281. The van der Waals surface area contributed by atoms with Crippen LogP contribution in [0, 0.1) is 11.3 Å². The lowest BCUT2D eigenvalue weighted by Gasteiger charge is -2.15. The van der Waals surface area contributed by atoms with Crippen molar-refractivity contribution in [2.45, 2.75) is 0 Å². The number of nitriles is 1. The summed E-state index contributed by atoms with van der Waals surface area (Å²) in [5, 5.41) is 14.3. The summed E-state index contributed by atoms with van der Waals surface area (Å²) in [6.45, 7) is 0. The van der Waals surface area contributed by atoms with E-state index in [0.717, 1.165) is 49.8 Å². The number of nitrogens with zero attached hydrogens (tertiary/aromatic N) is 3. The highest BCUT2D eigenvalue weighted by atomic mass is 16.3. The molecular formula is C30H17N3O. The Morgan fingerprint density at radius 2 is 1.50 bits per heavy atom. The number of furan rings is 1. The molecule has 0 spiro atoms. The monoisotopic (exact) mass is 435 g/mol. The predicted molar refractivity (Wildman–Crippen MR) is 136 cm³/mol. The first kappa shape index (κ1) is 18.7. The second-order valence-corrected chi connectivity index (χ2v) is 8.34. The Balaban J connectivity index is 1.71. The van der Waals surface area contributed by atoms with Crippen molar-refractivity contribution in [1.82, 2.24) is 9.55 Å². The second kappa shape index (κ2) is 7.06. The van der Waals surface area contributed by atoms with Gasteiger partial charge in [0.15, 0.2) is 0 Å². The summed E-state index contributed by atoms with van der Waals surface area (Å²) in [6.07, 6.45) is 3.36. The number of rotatable bonds is 2. The summed E-state index contributed by atoms with van der Waals surface area (Å²) in [5.41, 5.74) is 7.34. The van der Waals surface area contributed by atoms with Gasteiger partial charge in [0.1, 0.15) is 17.2 Å². The Bertz CT molecular complexity index is 1930. The molecule has 0 aliphatic rings. The molecule has 0 aliphatic heterocycles. The van der Waals surface area contributed by atoms with Crippen molar-refractivity contribution in [2.24, 2.45) is 0 Å². The lowest BCUT2D eigenvalue weighted by Crippen LogP contribution is -1.98. The van der Waals surface area contributed by atoms with E-state index in [1.165, 1.54) is 10.8 Å². The van der Waals surface area contributed by atoms with Crippen molar-refractivity contribution < 1.29 is 4.42 Å². The van der Waals surface area contributed by atoms with Gasteiger partial charge in [-0.2, -0.15) is 5.26 Å². The summed E-state index contributed by atoms with van der Waals surface area (Å²) >= 11 is 0. The van der Waals surface area contributed by atoms with Gasteiger partial charge >= 0.3 is 0 Å². The fraction of sp³-hybridized carbons (Fsp3) is 0. The second-order valence-electron chi connectivity index (χ2n) is 8.34. The van der Waals surface area contributed by atoms with E-state index in [1.54, 1.807) is 12.4 Å². The maximum absolute atomic E-state index is 9.77. The number of pyridine rings is 1. The maximum Gasteiger partial charge on any atom is 0.137 e. The Hall–Kier alpha value is -4.88. The zero-order valence-corrected chi connectivity index (χ0v) is 18.1. The molecule has 4 aromatic carbocycles. The normalized spacial score (nSPS) is 11.5. The van der Waals surface area contributed by atoms with Gasteiger partial charge in [0, 0.05) is 39.7 Å². The molecule has 0 bridgehead atoms. The Morgan fingerprint density at radius 1 is 0.706 bits per heavy atom. The Morgan fingerprint density at radius 3 is 2.41 bits per heavy atom. The molecule has 4 heteroatoms. The van der Waals surface area contributed by atoms with Crippen LogP contribution in [0.5, 0.6) is 0 Å². The standard InChI is InChI=1S/C30H17N3O/c31-17-19-18-32-16-15-20(19)21-7-1-4-10-25(21)33-26-11-5-2-8-22(26)23-13-14-28-29(30(23)33)24-9-3-6-12-27(24)34-28/h1-16,18H. The van der Waals surface area contributed by atoms with Crippen LogP contribution in [-0.2, 0) is 0 Å². The number of benzene rings is 4. The molecule has 0 N–H and O–H groups in total. The minimum Gasteiger partial charge on any atom is -0.456 e. The van der Waals surface area contributed by atoms with Crippen LogP contribution >= 0.6 is 0 Å². The number of hydrogen-bond donors (Lipinski definition) is 0. The fourth-order valence-electron chi connectivity index (χ4n) is 5.13. The highest BCUT2D eigenvalue weighted by Gasteiger charge is 2.20. The van der Waals surface area contributed by atoms with Gasteiger partial charge in [0.2, 0.25) is 0 Å². The van der Waals surface area contributed by atoms with Gasteiger partial charge in [-0.05, 0) is 36.4 Å². The van der Waals surface area contributed by atoms with Crippen LogP contribution in [0.4, 0.5) is 0 Å². The van der Waals surface area contributed by atoms with Gasteiger partial charge in [-0.25, -0.2) is 0 Å². The van der Waals surface area contributed by atoms with Crippen molar-refractivity contribution in [1.29, 1.82) is 5.26 Å². The Labute approximate surface area is 194 Å². The molecule has 0 aliphatic carbocycles. The van der Waals surface area contributed by atoms with E-state index < -0.39 is 0 Å². The molecule has 0 unspecified atom stereocenters. The third-order valence-electron chi connectivity index (χ3n) is 6.55. The molecule has 0 atom stereocenters. The van der Waals surface area contributed by atoms with Gasteiger partial charge < -0.3 is 8.98 Å². The first-order valence-electron chi connectivity index (χ1n) is 11.1. The summed E-state index contributed by atoms with van der Waals surface area (Å²) in [4.78, 5) is 4.16. The van der Waals surface area contributed by atoms with Crippen LogP contribution in [0.15, 0.2) is 108 Å². The molecule has 4 nitrogen and oxygen atoms in total. The molecule has 0 amide bonds. The average molecular weight is 435 g/mol. The number of hydrogen-bond acceptors (Lipinski definition) is 3. The highest BCUT2D eigenvalue weighted by molar-refractivity contribution is 6.24.